The second-order valence-corrected chi connectivity index (χ2v) is 11.2. The first-order valence-corrected chi connectivity index (χ1v) is 13.7. The zero-order valence-electron chi connectivity index (χ0n) is 18.9. The van der Waals surface area contributed by atoms with Crippen molar-refractivity contribution < 1.29 is 32.7 Å². The zero-order valence-corrected chi connectivity index (χ0v) is 20.6. The largest absolute Gasteiger partial charge is 0.434 e. The molecule has 1 aliphatic carbocycles. The molecule has 9 nitrogen and oxygen atoms in total. The summed E-state index contributed by atoms with van der Waals surface area (Å²) in [6, 6.07) is 8.38. The first kappa shape index (κ1) is 27.3. The average Bonchev–Trinajstić information content (AvgIpc) is 2.84. The molecule has 2 rings (SSSR count). The Hall–Kier alpha value is -1.94. The highest BCUT2D eigenvalue weighted by Gasteiger charge is 2.29. The molecule has 0 saturated carbocycles. The molecule has 2 N–H and O–H groups in total. The minimum Gasteiger partial charge on any atom is -0.434 e. The van der Waals surface area contributed by atoms with Crippen molar-refractivity contribution in [2.45, 2.75) is 12.8 Å². The molecule has 0 heterocycles. The number of hydrogen-bond acceptors (Lipinski definition) is 10. The van der Waals surface area contributed by atoms with E-state index in [1.165, 1.54) is 0 Å². The van der Waals surface area contributed by atoms with Crippen LogP contribution in [-0.2, 0) is 27.9 Å². The second-order valence-electron chi connectivity index (χ2n) is 7.09. The van der Waals surface area contributed by atoms with Crippen LogP contribution in [0.2, 0.25) is 0 Å². The molecular formula is C22H31N2O7PS. The van der Waals surface area contributed by atoms with Crippen molar-refractivity contribution in [3.05, 3.63) is 59.7 Å². The lowest BCUT2D eigenvalue weighted by Gasteiger charge is -2.21. The Balaban J connectivity index is 1.93. The fourth-order valence-corrected chi connectivity index (χ4v) is 5.97. The van der Waals surface area contributed by atoms with Crippen molar-refractivity contribution in [3.8, 4) is 0 Å². The molecule has 1 aromatic carbocycles. The number of allylic oxidation sites excluding steroid dienone is 2. The number of hydrogen-bond donors (Lipinski definition) is 2. The van der Waals surface area contributed by atoms with Crippen LogP contribution < -0.4 is 10.6 Å². The van der Waals surface area contributed by atoms with Gasteiger partial charge in [0.25, 0.3) is 0 Å². The molecule has 1 aromatic rings. The summed E-state index contributed by atoms with van der Waals surface area (Å²) in [5.41, 5.74) is 0.767. The van der Waals surface area contributed by atoms with E-state index in [0.717, 1.165) is 24.2 Å². The van der Waals surface area contributed by atoms with Crippen molar-refractivity contribution in [2.24, 2.45) is 5.92 Å². The Bertz CT molecular complexity index is 858. The third-order valence-corrected chi connectivity index (χ3v) is 8.30. The van der Waals surface area contributed by atoms with Gasteiger partial charge in [0.2, 0.25) is 13.6 Å². The highest BCUT2D eigenvalue weighted by atomic mass is 32.7. The van der Waals surface area contributed by atoms with Crippen LogP contribution in [0.5, 0.6) is 0 Å². The van der Waals surface area contributed by atoms with Gasteiger partial charge in [-0.3, -0.25) is 9.05 Å². The summed E-state index contributed by atoms with van der Waals surface area (Å²) >= 11 is 0.966. The van der Waals surface area contributed by atoms with E-state index in [2.05, 4.69) is 10.6 Å². The first-order chi connectivity index (χ1) is 16.0. The Labute approximate surface area is 198 Å². The summed E-state index contributed by atoms with van der Waals surface area (Å²) < 4.78 is 34.1. The van der Waals surface area contributed by atoms with Gasteiger partial charge < -0.3 is 20.1 Å². The van der Waals surface area contributed by atoms with Crippen molar-refractivity contribution >= 4 is 30.1 Å². The molecule has 11 heteroatoms. The summed E-state index contributed by atoms with van der Waals surface area (Å²) in [5, 5.41) is 6.17. The van der Waals surface area contributed by atoms with Crippen LogP contribution in [0, 0.1) is 5.92 Å². The van der Waals surface area contributed by atoms with E-state index in [0.29, 0.717) is 30.0 Å². The van der Waals surface area contributed by atoms with E-state index in [9.17, 15) is 14.2 Å². The normalized spacial score (nSPS) is 15.1. The molecule has 0 spiro atoms. The Kier molecular flexibility index (Phi) is 12.5. The molecule has 0 radical (unpaired) electrons. The number of ether oxygens (including phenoxy) is 2. The number of benzene rings is 1. The molecule has 182 valence electrons. The van der Waals surface area contributed by atoms with Crippen LogP contribution in [0.15, 0.2) is 54.1 Å². The standard InChI is InChI=1S/C22H31N2O7PS/c1-23-13-18(14-24-2)15-33-32(27,30-16-28-21(25)19-9-5-3-6-10-19)31-17-29-22(26)20-11-7-4-8-12-20/h3,5-7,9-12,18,23-24H,4,8,13-17H2,1-2H3. The summed E-state index contributed by atoms with van der Waals surface area (Å²) in [6.07, 6.45) is 6.96. The number of rotatable bonds is 15. The number of nitrogens with one attached hydrogen (secondary N) is 2. The van der Waals surface area contributed by atoms with Crippen LogP contribution in [-0.4, -0.2) is 58.5 Å². The van der Waals surface area contributed by atoms with Gasteiger partial charge in [-0.15, -0.1) is 0 Å². The van der Waals surface area contributed by atoms with Gasteiger partial charge >= 0.3 is 18.7 Å². The Morgan fingerprint density at radius 3 is 2.21 bits per heavy atom. The molecule has 0 aromatic heterocycles. The maximum atomic E-state index is 13.3. The van der Waals surface area contributed by atoms with E-state index in [4.69, 9.17) is 18.5 Å². The Morgan fingerprint density at radius 2 is 1.64 bits per heavy atom. The molecule has 0 aliphatic heterocycles. The van der Waals surface area contributed by atoms with Gasteiger partial charge in [-0.05, 0) is 69.5 Å². The third-order valence-electron chi connectivity index (χ3n) is 4.50. The smallest absolute Gasteiger partial charge is 0.394 e. The molecule has 0 saturated heterocycles. The topological polar surface area (TPSA) is 112 Å². The summed E-state index contributed by atoms with van der Waals surface area (Å²) in [4.78, 5) is 24.2. The quantitative estimate of drug-likeness (QED) is 0.212. The van der Waals surface area contributed by atoms with Gasteiger partial charge in [0.15, 0.2) is 0 Å². The Morgan fingerprint density at radius 1 is 1.00 bits per heavy atom. The molecule has 0 amide bonds. The van der Waals surface area contributed by atoms with Crippen molar-refractivity contribution in [1.82, 2.24) is 10.6 Å². The molecule has 0 bridgehead atoms. The molecule has 1 atom stereocenters. The van der Waals surface area contributed by atoms with Gasteiger partial charge in [-0.25, -0.2) is 14.2 Å². The van der Waals surface area contributed by atoms with Crippen LogP contribution in [0.1, 0.15) is 23.2 Å². The first-order valence-electron chi connectivity index (χ1n) is 10.6. The zero-order chi connectivity index (χ0) is 23.9. The number of carbonyl (C=O) groups is 2. The van der Waals surface area contributed by atoms with Gasteiger partial charge in [0.05, 0.1) is 11.1 Å². The maximum Gasteiger partial charge on any atom is 0.394 e. The number of carbonyl (C=O) groups excluding carboxylic acids is 2. The second kappa shape index (κ2) is 15.1. The number of esters is 2. The highest BCUT2D eigenvalue weighted by Crippen LogP contribution is 2.61. The van der Waals surface area contributed by atoms with Crippen molar-refractivity contribution in [3.63, 3.8) is 0 Å². The highest BCUT2D eigenvalue weighted by molar-refractivity contribution is 8.55. The fourth-order valence-electron chi connectivity index (χ4n) is 2.87. The van der Waals surface area contributed by atoms with Crippen molar-refractivity contribution in [1.29, 1.82) is 0 Å². The predicted octanol–water partition coefficient (Wildman–Crippen LogP) is 3.51. The molecule has 33 heavy (non-hydrogen) atoms. The molecule has 1 aliphatic rings. The van der Waals surface area contributed by atoms with Crippen molar-refractivity contribution in [2.75, 3.05) is 46.5 Å². The molecule has 1 unspecified atom stereocenters. The fraction of sp³-hybridized carbons (Fsp3) is 0.455. The lowest BCUT2D eigenvalue weighted by atomic mass is 10.1. The average molecular weight is 499 g/mol. The van der Waals surface area contributed by atoms with E-state index in [-0.39, 0.29) is 5.92 Å². The lowest BCUT2D eigenvalue weighted by Crippen LogP contribution is -2.29. The minimum absolute atomic E-state index is 0.137. The van der Waals surface area contributed by atoms with Crippen LogP contribution >= 0.6 is 18.2 Å². The predicted molar refractivity (Wildman–Crippen MR) is 128 cm³/mol. The SMILES string of the molecule is CNCC(CNC)CSP(=O)(OCOC(=O)C1=CCCC=C1)OCOC(=O)c1ccccc1. The minimum atomic E-state index is -3.80. The van der Waals surface area contributed by atoms with Crippen LogP contribution in [0.3, 0.4) is 0 Å². The van der Waals surface area contributed by atoms with Crippen LogP contribution in [0.4, 0.5) is 0 Å². The van der Waals surface area contributed by atoms with E-state index < -0.39 is 32.3 Å². The summed E-state index contributed by atoms with van der Waals surface area (Å²) in [6.45, 7) is -3.54. The third kappa shape index (κ3) is 10.2. The van der Waals surface area contributed by atoms with E-state index in [1.54, 1.807) is 42.5 Å². The maximum absolute atomic E-state index is 13.3. The van der Waals surface area contributed by atoms with Gasteiger partial charge in [-0.1, -0.05) is 36.4 Å². The van der Waals surface area contributed by atoms with Gasteiger partial charge in [-0.2, -0.15) is 0 Å². The van der Waals surface area contributed by atoms with Gasteiger partial charge in [0.1, 0.15) is 0 Å². The summed E-state index contributed by atoms with van der Waals surface area (Å²) in [5.74, 6) is -0.607. The molecule has 0 fully saturated rings. The van der Waals surface area contributed by atoms with E-state index >= 15 is 0 Å². The molecular weight excluding hydrogens is 467 g/mol. The van der Waals surface area contributed by atoms with Gasteiger partial charge in [0, 0.05) is 5.75 Å². The summed E-state index contributed by atoms with van der Waals surface area (Å²) in [7, 11) is 3.66. The van der Waals surface area contributed by atoms with E-state index in [1.807, 2.05) is 20.2 Å². The monoisotopic (exact) mass is 498 g/mol. The van der Waals surface area contributed by atoms with Crippen LogP contribution in [0.25, 0.3) is 0 Å². The lowest BCUT2D eigenvalue weighted by molar-refractivity contribution is -0.145.